The largest absolute Gasteiger partial charge is 0.484 e. The molecule has 0 unspecified atom stereocenters. The van der Waals surface area contributed by atoms with E-state index in [0.29, 0.717) is 5.75 Å². The topological polar surface area (TPSA) is 71.7 Å². The van der Waals surface area contributed by atoms with Gasteiger partial charge in [-0.05, 0) is 42.3 Å². The number of aromatic nitrogens is 1. The molecule has 0 spiro atoms. The number of amides is 1. The SMILES string of the molecule is C.CCN1CCN(c2nc(-c3ccc(OCC(N)=O)cc3)cc3ccccc23)CC1. The highest BCUT2D eigenvalue weighted by Gasteiger charge is 2.19. The number of rotatable bonds is 6. The Morgan fingerprint density at radius 2 is 1.77 bits per heavy atom. The molecule has 0 radical (unpaired) electrons. The molecule has 2 N–H and O–H groups in total. The maximum absolute atomic E-state index is 10.9. The number of primary amides is 1. The van der Waals surface area contributed by atoms with Crippen molar-refractivity contribution >= 4 is 22.5 Å². The second kappa shape index (κ2) is 9.59. The molecule has 0 atom stereocenters. The van der Waals surface area contributed by atoms with Crippen molar-refractivity contribution in [3.63, 3.8) is 0 Å². The van der Waals surface area contributed by atoms with Gasteiger partial charge in [0.15, 0.2) is 6.61 Å². The molecule has 4 rings (SSSR count). The predicted octanol–water partition coefficient (Wildman–Crippen LogP) is 3.54. The summed E-state index contributed by atoms with van der Waals surface area (Å²) in [5.74, 6) is 1.17. The van der Waals surface area contributed by atoms with Crippen LogP contribution in [0.5, 0.6) is 5.75 Å². The van der Waals surface area contributed by atoms with Crippen LogP contribution in [0.25, 0.3) is 22.0 Å². The maximum Gasteiger partial charge on any atom is 0.255 e. The average Bonchev–Trinajstić information content (AvgIpc) is 2.77. The van der Waals surface area contributed by atoms with E-state index < -0.39 is 5.91 Å². The molecule has 0 bridgehead atoms. The molecule has 6 heteroatoms. The summed E-state index contributed by atoms with van der Waals surface area (Å²) >= 11 is 0. The number of piperazine rings is 1. The summed E-state index contributed by atoms with van der Waals surface area (Å²) in [6, 6.07) is 18.2. The van der Waals surface area contributed by atoms with Crippen LogP contribution in [-0.2, 0) is 4.79 Å². The number of benzene rings is 2. The van der Waals surface area contributed by atoms with E-state index in [1.165, 1.54) is 10.8 Å². The van der Waals surface area contributed by atoms with Gasteiger partial charge in [-0.3, -0.25) is 4.79 Å². The number of hydrogen-bond acceptors (Lipinski definition) is 5. The van der Waals surface area contributed by atoms with Crippen LogP contribution < -0.4 is 15.4 Å². The highest BCUT2D eigenvalue weighted by molar-refractivity contribution is 5.95. The Hall–Kier alpha value is -3.12. The normalized spacial score (nSPS) is 14.4. The van der Waals surface area contributed by atoms with Crippen LogP contribution in [-0.4, -0.2) is 55.1 Å². The number of anilines is 1. The lowest BCUT2D eigenvalue weighted by Crippen LogP contribution is -2.46. The molecule has 158 valence electrons. The van der Waals surface area contributed by atoms with Gasteiger partial charge >= 0.3 is 0 Å². The van der Waals surface area contributed by atoms with Gasteiger partial charge in [0.2, 0.25) is 0 Å². The Balaban J connectivity index is 0.00000256. The number of carbonyl (C=O) groups is 1. The minimum absolute atomic E-state index is 0. The van der Waals surface area contributed by atoms with Gasteiger partial charge in [0.25, 0.3) is 5.91 Å². The van der Waals surface area contributed by atoms with Crippen LogP contribution in [0.1, 0.15) is 14.4 Å². The predicted molar refractivity (Wildman–Crippen MR) is 123 cm³/mol. The van der Waals surface area contributed by atoms with Crippen molar-refractivity contribution in [1.29, 1.82) is 0 Å². The Morgan fingerprint density at radius 3 is 2.43 bits per heavy atom. The molecule has 2 heterocycles. The van der Waals surface area contributed by atoms with E-state index in [-0.39, 0.29) is 14.0 Å². The molecule has 1 saturated heterocycles. The Kier molecular flexibility index (Phi) is 6.90. The van der Waals surface area contributed by atoms with Crippen molar-refractivity contribution in [3.8, 4) is 17.0 Å². The summed E-state index contributed by atoms with van der Waals surface area (Å²) in [6.07, 6.45) is 0. The third kappa shape index (κ3) is 4.71. The summed E-state index contributed by atoms with van der Waals surface area (Å²) in [5, 5.41) is 2.36. The van der Waals surface area contributed by atoms with Gasteiger partial charge < -0.3 is 20.3 Å². The summed E-state index contributed by atoms with van der Waals surface area (Å²) in [4.78, 5) is 20.8. The molecule has 0 aliphatic carbocycles. The van der Waals surface area contributed by atoms with Crippen LogP contribution in [0.2, 0.25) is 0 Å². The molecule has 1 amide bonds. The highest BCUT2D eigenvalue weighted by Crippen LogP contribution is 2.31. The zero-order valence-corrected chi connectivity index (χ0v) is 16.7. The number of likely N-dealkylation sites (N-methyl/N-ethyl adjacent to an activating group) is 1. The summed E-state index contributed by atoms with van der Waals surface area (Å²) in [6.45, 7) is 7.25. The lowest BCUT2D eigenvalue weighted by Gasteiger charge is -2.35. The van der Waals surface area contributed by atoms with Crippen molar-refractivity contribution in [2.75, 3.05) is 44.2 Å². The summed E-state index contributed by atoms with van der Waals surface area (Å²) in [5.41, 5.74) is 7.08. The Labute approximate surface area is 178 Å². The molecule has 30 heavy (non-hydrogen) atoms. The number of pyridine rings is 1. The first-order valence-electron chi connectivity index (χ1n) is 10.0. The molecule has 1 fully saturated rings. The number of nitrogens with two attached hydrogens (primary N) is 1. The van der Waals surface area contributed by atoms with Crippen LogP contribution in [0.15, 0.2) is 54.6 Å². The Morgan fingerprint density at radius 1 is 1.07 bits per heavy atom. The molecular weight excluding hydrogens is 376 g/mol. The fourth-order valence-corrected chi connectivity index (χ4v) is 3.72. The lowest BCUT2D eigenvalue weighted by molar-refractivity contribution is -0.119. The molecule has 3 aromatic rings. The smallest absolute Gasteiger partial charge is 0.255 e. The third-order valence-electron chi connectivity index (χ3n) is 5.37. The van der Waals surface area contributed by atoms with Crippen molar-refractivity contribution in [3.05, 3.63) is 54.6 Å². The first-order chi connectivity index (χ1) is 14.1. The fraction of sp³-hybridized carbons (Fsp3) is 0.333. The lowest BCUT2D eigenvalue weighted by atomic mass is 10.1. The zero-order chi connectivity index (χ0) is 20.2. The van der Waals surface area contributed by atoms with Crippen molar-refractivity contribution in [2.45, 2.75) is 14.4 Å². The first-order valence-corrected chi connectivity index (χ1v) is 10.0. The number of nitrogens with zero attached hydrogens (tertiary/aromatic N) is 3. The summed E-state index contributed by atoms with van der Waals surface area (Å²) < 4.78 is 5.36. The average molecular weight is 407 g/mol. The van der Waals surface area contributed by atoms with E-state index >= 15 is 0 Å². The zero-order valence-electron chi connectivity index (χ0n) is 16.7. The minimum Gasteiger partial charge on any atom is -0.484 e. The van der Waals surface area contributed by atoms with Gasteiger partial charge in [0.1, 0.15) is 11.6 Å². The second-order valence-electron chi connectivity index (χ2n) is 7.25. The Bertz CT molecular complexity index is 996. The number of carbonyl (C=O) groups excluding carboxylic acids is 1. The quantitative estimate of drug-likeness (QED) is 0.678. The van der Waals surface area contributed by atoms with E-state index in [1.807, 2.05) is 24.3 Å². The van der Waals surface area contributed by atoms with Gasteiger partial charge in [0.05, 0.1) is 5.69 Å². The van der Waals surface area contributed by atoms with Crippen LogP contribution >= 0.6 is 0 Å². The molecule has 6 nitrogen and oxygen atoms in total. The molecule has 1 aromatic heterocycles. The monoisotopic (exact) mass is 406 g/mol. The fourth-order valence-electron chi connectivity index (χ4n) is 3.72. The molecule has 1 aliphatic rings. The van der Waals surface area contributed by atoms with E-state index in [1.54, 1.807) is 0 Å². The number of fused-ring (bicyclic) bond motifs is 1. The van der Waals surface area contributed by atoms with E-state index in [2.05, 4.69) is 47.1 Å². The number of hydrogen-bond donors (Lipinski definition) is 1. The van der Waals surface area contributed by atoms with Crippen molar-refractivity contribution < 1.29 is 9.53 Å². The molecular formula is C24H30N4O2. The molecule has 0 saturated carbocycles. The minimum atomic E-state index is -0.488. The van der Waals surface area contributed by atoms with Crippen LogP contribution in [0.4, 0.5) is 5.82 Å². The first kappa shape index (κ1) is 21.6. The van der Waals surface area contributed by atoms with Gasteiger partial charge in [-0.15, -0.1) is 0 Å². The van der Waals surface area contributed by atoms with Crippen LogP contribution in [0.3, 0.4) is 0 Å². The third-order valence-corrected chi connectivity index (χ3v) is 5.37. The van der Waals surface area contributed by atoms with Crippen LogP contribution in [0, 0.1) is 0 Å². The second-order valence-corrected chi connectivity index (χ2v) is 7.25. The van der Waals surface area contributed by atoms with E-state index in [4.69, 9.17) is 15.5 Å². The van der Waals surface area contributed by atoms with Gasteiger partial charge in [0, 0.05) is 37.1 Å². The van der Waals surface area contributed by atoms with Crippen molar-refractivity contribution in [1.82, 2.24) is 9.88 Å². The van der Waals surface area contributed by atoms with E-state index in [0.717, 1.165) is 49.8 Å². The van der Waals surface area contributed by atoms with Crippen molar-refractivity contribution in [2.24, 2.45) is 5.73 Å². The maximum atomic E-state index is 10.9. The summed E-state index contributed by atoms with van der Waals surface area (Å²) in [7, 11) is 0. The van der Waals surface area contributed by atoms with Gasteiger partial charge in [-0.2, -0.15) is 0 Å². The molecule has 2 aromatic carbocycles. The number of ether oxygens (including phenoxy) is 1. The van der Waals surface area contributed by atoms with E-state index in [9.17, 15) is 4.79 Å². The molecule has 1 aliphatic heterocycles. The van der Waals surface area contributed by atoms with Gasteiger partial charge in [-0.25, -0.2) is 4.98 Å². The standard InChI is InChI=1S/C23H26N4O2.CH4/c1-2-26-11-13-27(14-12-26)23-20-6-4-3-5-18(20)15-21(25-23)17-7-9-19(10-8-17)29-16-22(24)28;/h3-10,15H,2,11-14,16H2,1H3,(H2,24,28);1H4. The van der Waals surface area contributed by atoms with Gasteiger partial charge in [-0.1, -0.05) is 38.6 Å². The highest BCUT2D eigenvalue weighted by atomic mass is 16.5.